The largest absolute Gasteiger partial charge is 0.455 e. The standard InChI is InChI=1S/C22H15F4NO2S/c23-17-8-3-15(4-9-17)13-27-20(28)12-5-14-1-6-16(7-2-14)18-10-11-19(30-18)21(29)22(24,25)26/h1-12H,13H2,(H,27,28)/b12-5+. The molecule has 0 saturated heterocycles. The number of Topliss-reactive ketones (excluding diaryl/α,β-unsaturated/α-hetero) is 1. The Bertz CT molecular complexity index is 1070. The maximum Gasteiger partial charge on any atom is 0.455 e. The van der Waals surface area contributed by atoms with Crippen LogP contribution in [0.25, 0.3) is 16.5 Å². The molecule has 0 aliphatic heterocycles. The van der Waals surface area contributed by atoms with E-state index >= 15 is 0 Å². The lowest BCUT2D eigenvalue weighted by Crippen LogP contribution is -2.21. The zero-order valence-electron chi connectivity index (χ0n) is 15.4. The molecule has 3 rings (SSSR count). The van der Waals surface area contributed by atoms with Crippen LogP contribution in [-0.2, 0) is 11.3 Å². The number of halogens is 4. The molecule has 0 aliphatic carbocycles. The maximum atomic E-state index is 12.9. The first-order chi connectivity index (χ1) is 14.2. The second kappa shape index (κ2) is 9.04. The minimum Gasteiger partial charge on any atom is -0.348 e. The quantitative estimate of drug-likeness (QED) is 0.311. The van der Waals surface area contributed by atoms with E-state index in [-0.39, 0.29) is 23.1 Å². The van der Waals surface area contributed by atoms with Gasteiger partial charge in [-0.25, -0.2) is 4.39 Å². The number of rotatable bonds is 6. The number of ketones is 1. The first kappa shape index (κ1) is 21.4. The van der Waals surface area contributed by atoms with Crippen LogP contribution in [-0.4, -0.2) is 17.9 Å². The van der Waals surface area contributed by atoms with Crippen LogP contribution in [0.1, 0.15) is 20.8 Å². The van der Waals surface area contributed by atoms with Crippen molar-refractivity contribution in [3.05, 3.63) is 88.6 Å². The molecule has 8 heteroatoms. The average Bonchev–Trinajstić information content (AvgIpc) is 3.21. The van der Waals surface area contributed by atoms with Crippen molar-refractivity contribution in [3.63, 3.8) is 0 Å². The molecule has 0 spiro atoms. The zero-order chi connectivity index (χ0) is 21.7. The number of hydrogen-bond acceptors (Lipinski definition) is 3. The Morgan fingerprint density at radius 3 is 2.23 bits per heavy atom. The summed E-state index contributed by atoms with van der Waals surface area (Å²) in [7, 11) is 0. The summed E-state index contributed by atoms with van der Waals surface area (Å²) in [6.45, 7) is 0.264. The lowest BCUT2D eigenvalue weighted by atomic mass is 10.1. The fourth-order valence-corrected chi connectivity index (χ4v) is 3.51. The SMILES string of the molecule is O=C(/C=C/c1ccc(-c2ccc(C(=O)C(F)(F)F)s2)cc1)NCc1ccc(F)cc1. The number of carbonyl (C=O) groups is 2. The highest BCUT2D eigenvalue weighted by Crippen LogP contribution is 2.32. The van der Waals surface area contributed by atoms with E-state index < -0.39 is 12.0 Å². The average molecular weight is 433 g/mol. The Morgan fingerprint density at radius 2 is 1.60 bits per heavy atom. The third-order valence-corrected chi connectivity index (χ3v) is 5.22. The van der Waals surface area contributed by atoms with E-state index in [2.05, 4.69) is 5.32 Å². The van der Waals surface area contributed by atoms with Gasteiger partial charge in [0.15, 0.2) is 0 Å². The van der Waals surface area contributed by atoms with E-state index in [1.165, 1.54) is 24.3 Å². The number of amides is 1. The summed E-state index contributed by atoms with van der Waals surface area (Å²) < 4.78 is 50.4. The van der Waals surface area contributed by atoms with Crippen molar-refractivity contribution in [2.75, 3.05) is 0 Å². The van der Waals surface area contributed by atoms with Gasteiger partial charge in [-0.05, 0) is 47.0 Å². The van der Waals surface area contributed by atoms with Crippen LogP contribution < -0.4 is 5.32 Å². The zero-order valence-corrected chi connectivity index (χ0v) is 16.2. The molecule has 2 aromatic carbocycles. The highest BCUT2D eigenvalue weighted by molar-refractivity contribution is 7.17. The van der Waals surface area contributed by atoms with Crippen LogP contribution in [0.5, 0.6) is 0 Å². The van der Waals surface area contributed by atoms with E-state index in [1.54, 1.807) is 42.5 Å². The van der Waals surface area contributed by atoms with E-state index in [0.717, 1.165) is 28.5 Å². The fraction of sp³-hybridized carbons (Fsp3) is 0.0909. The van der Waals surface area contributed by atoms with E-state index in [9.17, 15) is 27.2 Å². The second-order valence-corrected chi connectivity index (χ2v) is 7.37. The Labute approximate surface area is 173 Å². The van der Waals surface area contributed by atoms with Gasteiger partial charge in [-0.15, -0.1) is 11.3 Å². The summed E-state index contributed by atoms with van der Waals surface area (Å²) in [6.07, 6.45) is -1.95. The van der Waals surface area contributed by atoms with Crippen LogP contribution in [0, 0.1) is 5.82 Å². The first-order valence-corrected chi connectivity index (χ1v) is 9.56. The fourth-order valence-electron chi connectivity index (χ4n) is 2.54. The molecule has 154 valence electrons. The molecule has 0 radical (unpaired) electrons. The van der Waals surface area contributed by atoms with Crippen molar-refractivity contribution in [1.82, 2.24) is 5.32 Å². The van der Waals surface area contributed by atoms with Crippen LogP contribution in [0.3, 0.4) is 0 Å². The normalized spacial score (nSPS) is 11.6. The smallest absolute Gasteiger partial charge is 0.348 e. The summed E-state index contributed by atoms with van der Waals surface area (Å²) in [5.41, 5.74) is 2.15. The van der Waals surface area contributed by atoms with Gasteiger partial charge in [0.05, 0.1) is 4.88 Å². The van der Waals surface area contributed by atoms with Gasteiger partial charge in [0, 0.05) is 17.5 Å². The van der Waals surface area contributed by atoms with Crippen LogP contribution in [0.2, 0.25) is 0 Å². The van der Waals surface area contributed by atoms with Gasteiger partial charge >= 0.3 is 6.18 Å². The van der Waals surface area contributed by atoms with Crippen molar-refractivity contribution < 1.29 is 27.2 Å². The summed E-state index contributed by atoms with van der Waals surface area (Å²) in [5.74, 6) is -2.53. The minimum atomic E-state index is -4.89. The topological polar surface area (TPSA) is 46.2 Å². The molecule has 0 unspecified atom stereocenters. The van der Waals surface area contributed by atoms with E-state index in [4.69, 9.17) is 0 Å². The molecule has 3 nitrogen and oxygen atoms in total. The molecule has 0 bridgehead atoms. The number of alkyl halides is 3. The van der Waals surface area contributed by atoms with Gasteiger partial charge in [0.2, 0.25) is 5.91 Å². The Balaban J connectivity index is 1.59. The Morgan fingerprint density at radius 1 is 0.933 bits per heavy atom. The highest BCUT2D eigenvalue weighted by atomic mass is 32.1. The van der Waals surface area contributed by atoms with Gasteiger partial charge < -0.3 is 5.32 Å². The molecule has 1 N–H and O–H groups in total. The molecule has 3 aromatic rings. The van der Waals surface area contributed by atoms with Crippen molar-refractivity contribution >= 4 is 29.1 Å². The lowest BCUT2D eigenvalue weighted by molar-refractivity contribution is -0.116. The predicted octanol–water partition coefficient (Wildman–Crippen LogP) is 5.63. The van der Waals surface area contributed by atoms with Crippen LogP contribution in [0.4, 0.5) is 17.6 Å². The molecule has 1 aromatic heterocycles. The number of benzene rings is 2. The molecule has 1 heterocycles. The molecule has 0 aliphatic rings. The number of hydrogen-bond donors (Lipinski definition) is 1. The van der Waals surface area contributed by atoms with Gasteiger partial charge in [0.25, 0.3) is 5.78 Å². The van der Waals surface area contributed by atoms with Crippen molar-refractivity contribution in [2.24, 2.45) is 0 Å². The van der Waals surface area contributed by atoms with Gasteiger partial charge in [-0.1, -0.05) is 36.4 Å². The summed E-state index contributed by atoms with van der Waals surface area (Å²) in [4.78, 5) is 23.4. The molecular weight excluding hydrogens is 418 g/mol. The van der Waals surface area contributed by atoms with Gasteiger partial charge in [-0.2, -0.15) is 13.2 Å². The second-order valence-electron chi connectivity index (χ2n) is 6.29. The monoisotopic (exact) mass is 433 g/mol. The lowest BCUT2D eigenvalue weighted by Gasteiger charge is -2.03. The van der Waals surface area contributed by atoms with Crippen LogP contribution in [0.15, 0.2) is 66.7 Å². The van der Waals surface area contributed by atoms with E-state index in [0.29, 0.717) is 10.4 Å². The Kier molecular flexibility index (Phi) is 6.47. The highest BCUT2D eigenvalue weighted by Gasteiger charge is 2.40. The third kappa shape index (κ3) is 5.64. The summed E-state index contributed by atoms with van der Waals surface area (Å²) in [5, 5.41) is 2.68. The molecular formula is C22H15F4NO2S. The maximum absolute atomic E-state index is 12.9. The van der Waals surface area contributed by atoms with Gasteiger partial charge in [-0.3, -0.25) is 9.59 Å². The van der Waals surface area contributed by atoms with E-state index in [1.807, 2.05) is 0 Å². The van der Waals surface area contributed by atoms with Crippen molar-refractivity contribution in [1.29, 1.82) is 0 Å². The summed E-state index contributed by atoms with van der Waals surface area (Å²) in [6, 6.07) is 15.2. The van der Waals surface area contributed by atoms with Crippen molar-refractivity contribution in [2.45, 2.75) is 12.7 Å². The summed E-state index contributed by atoms with van der Waals surface area (Å²) >= 11 is 0.775. The minimum absolute atomic E-state index is 0.264. The third-order valence-electron chi connectivity index (χ3n) is 4.09. The molecule has 1 amide bonds. The molecule has 0 fully saturated rings. The number of thiophene rings is 1. The first-order valence-electron chi connectivity index (χ1n) is 8.74. The molecule has 30 heavy (non-hydrogen) atoms. The number of carbonyl (C=O) groups excluding carboxylic acids is 2. The van der Waals surface area contributed by atoms with Crippen LogP contribution >= 0.6 is 11.3 Å². The Hall–Kier alpha value is -3.26. The molecule has 0 saturated carbocycles. The predicted molar refractivity (Wildman–Crippen MR) is 107 cm³/mol. The van der Waals surface area contributed by atoms with Crippen molar-refractivity contribution in [3.8, 4) is 10.4 Å². The number of nitrogens with one attached hydrogen (secondary N) is 1. The van der Waals surface area contributed by atoms with Gasteiger partial charge in [0.1, 0.15) is 5.82 Å². The molecule has 0 atom stereocenters.